The zero-order valence-electron chi connectivity index (χ0n) is 9.67. The number of hydrogen-bond acceptors (Lipinski definition) is 3. The van der Waals surface area contributed by atoms with Crippen molar-refractivity contribution in [2.45, 2.75) is 38.1 Å². The Hall–Kier alpha value is -1.09. The molecule has 0 radical (unpaired) electrons. The van der Waals surface area contributed by atoms with Crippen molar-refractivity contribution in [3.8, 4) is 0 Å². The highest BCUT2D eigenvalue weighted by Gasteiger charge is 2.57. The van der Waals surface area contributed by atoms with Crippen LogP contribution in [0.1, 0.15) is 25.7 Å². The predicted molar refractivity (Wildman–Crippen MR) is 60.9 cm³/mol. The maximum Gasteiger partial charge on any atom is 0.315 e. The fraction of sp³-hybridized carbons (Fsp3) is 0.643. The van der Waals surface area contributed by atoms with Crippen molar-refractivity contribution in [1.82, 2.24) is 0 Å². The number of ether oxygens (including phenoxy) is 2. The summed E-state index contributed by atoms with van der Waals surface area (Å²) in [6.45, 7) is 0. The van der Waals surface area contributed by atoms with Gasteiger partial charge in [0.1, 0.15) is 0 Å². The van der Waals surface area contributed by atoms with Crippen LogP contribution < -0.4 is 0 Å². The van der Waals surface area contributed by atoms with Crippen LogP contribution in [-0.4, -0.2) is 18.4 Å². The standard InChI is InChI=1S/C14H16O3/c15-13-11-8-5-6-9(7-8)12(11)14(17-13)16-10-3-1-2-4-10/h1,3,5,9-12,14H,2,4,6-7H2. The van der Waals surface area contributed by atoms with E-state index in [0.29, 0.717) is 5.92 Å². The van der Waals surface area contributed by atoms with Gasteiger partial charge in [-0.1, -0.05) is 23.8 Å². The lowest BCUT2D eigenvalue weighted by Crippen LogP contribution is -2.29. The fourth-order valence-electron chi connectivity index (χ4n) is 3.80. The van der Waals surface area contributed by atoms with Gasteiger partial charge in [-0.2, -0.15) is 0 Å². The van der Waals surface area contributed by atoms with Gasteiger partial charge in [0.15, 0.2) is 0 Å². The Kier molecular flexibility index (Phi) is 2.01. The first-order valence-electron chi connectivity index (χ1n) is 6.54. The van der Waals surface area contributed by atoms with Gasteiger partial charge >= 0.3 is 5.97 Å². The molecule has 4 rings (SSSR count). The van der Waals surface area contributed by atoms with Crippen LogP contribution in [0.4, 0.5) is 0 Å². The summed E-state index contributed by atoms with van der Waals surface area (Å²) in [5, 5.41) is 0. The van der Waals surface area contributed by atoms with Crippen molar-refractivity contribution >= 4 is 5.97 Å². The third-order valence-corrected chi connectivity index (χ3v) is 4.59. The Morgan fingerprint density at radius 3 is 3.18 bits per heavy atom. The molecule has 2 fully saturated rings. The molecule has 5 atom stereocenters. The van der Waals surface area contributed by atoms with Crippen molar-refractivity contribution in [3.63, 3.8) is 0 Å². The zero-order valence-corrected chi connectivity index (χ0v) is 9.67. The van der Waals surface area contributed by atoms with E-state index in [9.17, 15) is 4.79 Å². The summed E-state index contributed by atoms with van der Waals surface area (Å²) in [6, 6.07) is 0. The monoisotopic (exact) mass is 232 g/mol. The molecule has 2 bridgehead atoms. The van der Waals surface area contributed by atoms with Crippen molar-refractivity contribution in [2.24, 2.45) is 17.8 Å². The first-order chi connectivity index (χ1) is 8.33. The normalized spacial score (nSPS) is 46.2. The molecule has 0 N–H and O–H groups in total. The fourth-order valence-corrected chi connectivity index (χ4v) is 3.80. The molecular formula is C14H16O3. The van der Waals surface area contributed by atoms with Gasteiger partial charge in [0, 0.05) is 5.92 Å². The highest BCUT2D eigenvalue weighted by molar-refractivity contribution is 5.80. The minimum atomic E-state index is -0.295. The summed E-state index contributed by atoms with van der Waals surface area (Å²) in [7, 11) is 0. The molecule has 1 heterocycles. The number of rotatable bonds is 2. The molecule has 5 unspecified atom stereocenters. The second kappa shape index (κ2) is 3.45. The summed E-state index contributed by atoms with van der Waals surface area (Å²) < 4.78 is 11.4. The highest BCUT2D eigenvalue weighted by Crippen LogP contribution is 2.54. The van der Waals surface area contributed by atoms with Crippen LogP contribution in [0.3, 0.4) is 0 Å². The Labute approximate surface area is 100 Å². The lowest BCUT2D eigenvalue weighted by Gasteiger charge is -2.24. The van der Waals surface area contributed by atoms with E-state index in [1.165, 1.54) is 5.57 Å². The predicted octanol–water partition coefficient (Wildman–Crippen LogP) is 2.19. The molecule has 3 nitrogen and oxygen atoms in total. The zero-order chi connectivity index (χ0) is 11.4. The largest absolute Gasteiger partial charge is 0.435 e. The average Bonchev–Trinajstić information content (AvgIpc) is 3.04. The van der Waals surface area contributed by atoms with Crippen LogP contribution in [0.25, 0.3) is 0 Å². The summed E-state index contributed by atoms with van der Waals surface area (Å²) >= 11 is 0. The molecule has 3 aliphatic carbocycles. The topological polar surface area (TPSA) is 35.5 Å². The van der Waals surface area contributed by atoms with Crippen molar-refractivity contribution < 1.29 is 14.3 Å². The highest BCUT2D eigenvalue weighted by atomic mass is 16.7. The quantitative estimate of drug-likeness (QED) is 0.541. The van der Waals surface area contributed by atoms with E-state index in [-0.39, 0.29) is 30.2 Å². The Bertz CT molecular complexity index is 423. The van der Waals surface area contributed by atoms with Crippen molar-refractivity contribution in [2.75, 3.05) is 0 Å². The van der Waals surface area contributed by atoms with E-state index in [1.807, 2.05) is 0 Å². The molecule has 1 saturated carbocycles. The third-order valence-electron chi connectivity index (χ3n) is 4.59. The van der Waals surface area contributed by atoms with Crippen molar-refractivity contribution in [3.05, 3.63) is 23.8 Å². The molecule has 0 aromatic rings. The molecule has 1 aliphatic heterocycles. The number of carbonyl (C=O) groups is 1. The van der Waals surface area contributed by atoms with Crippen LogP contribution in [0.2, 0.25) is 0 Å². The molecule has 3 heteroatoms. The van der Waals surface area contributed by atoms with Gasteiger partial charge in [-0.3, -0.25) is 4.79 Å². The van der Waals surface area contributed by atoms with Gasteiger partial charge in [-0.25, -0.2) is 0 Å². The van der Waals surface area contributed by atoms with E-state index >= 15 is 0 Å². The summed E-state index contributed by atoms with van der Waals surface area (Å²) in [4.78, 5) is 11.9. The van der Waals surface area contributed by atoms with Crippen molar-refractivity contribution in [1.29, 1.82) is 0 Å². The van der Waals surface area contributed by atoms with E-state index < -0.39 is 0 Å². The SMILES string of the molecule is O=C1OC(OC2C=CCC2)C2C3CC=C(C3)C12. The first kappa shape index (κ1) is 9.89. The number of allylic oxidation sites excluding steroid dienone is 2. The van der Waals surface area contributed by atoms with Gasteiger partial charge in [0.05, 0.1) is 12.0 Å². The van der Waals surface area contributed by atoms with E-state index in [0.717, 1.165) is 25.7 Å². The molecule has 1 saturated heterocycles. The lowest BCUT2D eigenvalue weighted by atomic mass is 9.85. The number of carbonyl (C=O) groups excluding carboxylic acids is 1. The molecular weight excluding hydrogens is 216 g/mol. The van der Waals surface area contributed by atoms with Crippen LogP contribution in [0.15, 0.2) is 23.8 Å². The molecule has 17 heavy (non-hydrogen) atoms. The van der Waals surface area contributed by atoms with Crippen LogP contribution in [-0.2, 0) is 14.3 Å². The second-order valence-electron chi connectivity index (χ2n) is 5.52. The van der Waals surface area contributed by atoms with Gasteiger partial charge in [-0.05, 0) is 31.6 Å². The summed E-state index contributed by atoms with van der Waals surface area (Å²) in [6.07, 6.45) is 10.6. The summed E-state index contributed by atoms with van der Waals surface area (Å²) in [5.74, 6) is 0.827. The van der Waals surface area contributed by atoms with Gasteiger partial charge in [-0.15, -0.1) is 0 Å². The van der Waals surface area contributed by atoms with E-state index in [4.69, 9.17) is 9.47 Å². The smallest absolute Gasteiger partial charge is 0.315 e. The van der Waals surface area contributed by atoms with E-state index in [2.05, 4.69) is 18.2 Å². The van der Waals surface area contributed by atoms with Gasteiger partial charge in [0.25, 0.3) is 0 Å². The Morgan fingerprint density at radius 1 is 1.41 bits per heavy atom. The maximum absolute atomic E-state index is 11.9. The summed E-state index contributed by atoms with van der Waals surface area (Å²) in [5.41, 5.74) is 1.30. The maximum atomic E-state index is 11.9. The van der Waals surface area contributed by atoms with Crippen LogP contribution in [0, 0.1) is 17.8 Å². The molecule has 0 aromatic carbocycles. The molecule has 0 amide bonds. The van der Waals surface area contributed by atoms with Gasteiger partial charge < -0.3 is 9.47 Å². The average molecular weight is 232 g/mol. The second-order valence-corrected chi connectivity index (χ2v) is 5.52. The number of hydrogen-bond donors (Lipinski definition) is 0. The van der Waals surface area contributed by atoms with Crippen LogP contribution in [0.5, 0.6) is 0 Å². The minimum absolute atomic E-state index is 0.0177. The van der Waals surface area contributed by atoms with E-state index in [1.54, 1.807) is 0 Å². The van der Waals surface area contributed by atoms with Gasteiger partial charge in [0.2, 0.25) is 6.29 Å². The molecule has 0 aromatic heterocycles. The third kappa shape index (κ3) is 1.35. The minimum Gasteiger partial charge on any atom is -0.435 e. The Balaban J connectivity index is 1.56. The number of cyclic esters (lactones) is 1. The molecule has 4 aliphatic rings. The number of fused-ring (bicyclic) bond motifs is 5. The Morgan fingerprint density at radius 2 is 2.35 bits per heavy atom. The molecule has 90 valence electrons. The number of esters is 1. The molecule has 0 spiro atoms. The first-order valence-corrected chi connectivity index (χ1v) is 6.54. The van der Waals surface area contributed by atoms with Crippen LogP contribution >= 0.6 is 0 Å². The lowest BCUT2D eigenvalue weighted by molar-refractivity contribution is -0.177.